The van der Waals surface area contributed by atoms with Crippen LogP contribution < -0.4 is 0 Å². The molecule has 0 amide bonds. The summed E-state index contributed by atoms with van der Waals surface area (Å²) in [5.74, 6) is -3.02. The summed E-state index contributed by atoms with van der Waals surface area (Å²) in [5.41, 5.74) is -2.18. The number of phenolic OH excluding ortho intramolecular Hbond substituents is 1. The molecule has 1 aromatic carbocycles. The number of nitrogens with zero attached hydrogens (tertiary/aromatic N) is 1. The molecule has 5 nitrogen and oxygen atoms in total. The lowest BCUT2D eigenvalue weighted by Crippen LogP contribution is -2.23. The van der Waals surface area contributed by atoms with Gasteiger partial charge in [0.1, 0.15) is 11.3 Å². The van der Waals surface area contributed by atoms with Crippen molar-refractivity contribution in [1.29, 1.82) is 0 Å². The van der Waals surface area contributed by atoms with Crippen molar-refractivity contribution < 1.29 is 28.0 Å². The van der Waals surface area contributed by atoms with Crippen LogP contribution in [0.2, 0.25) is 0 Å². The number of phenols is 1. The number of carbonyl (C=O) groups is 1. The Kier molecular flexibility index (Phi) is 2.84. The standard InChI is InChI=1S/C8H4F3NO4/c9-8(10,11)7(14)5-3-4(13)1-2-6(5)12(15)16/h1-3,13H. The molecule has 0 saturated carbocycles. The van der Waals surface area contributed by atoms with Crippen molar-refractivity contribution in [2.45, 2.75) is 6.18 Å². The summed E-state index contributed by atoms with van der Waals surface area (Å²) in [6.07, 6.45) is -5.22. The van der Waals surface area contributed by atoms with Crippen LogP contribution in [0.4, 0.5) is 18.9 Å². The van der Waals surface area contributed by atoms with Crippen molar-refractivity contribution >= 4 is 11.5 Å². The smallest absolute Gasteiger partial charge is 0.455 e. The van der Waals surface area contributed by atoms with E-state index in [4.69, 9.17) is 5.11 Å². The highest BCUT2D eigenvalue weighted by Gasteiger charge is 2.42. The van der Waals surface area contributed by atoms with Gasteiger partial charge in [-0.2, -0.15) is 13.2 Å². The van der Waals surface area contributed by atoms with Crippen LogP contribution in [0.1, 0.15) is 10.4 Å². The van der Waals surface area contributed by atoms with Gasteiger partial charge in [-0.15, -0.1) is 0 Å². The summed E-state index contributed by atoms with van der Waals surface area (Å²) in [4.78, 5) is 20.0. The maximum absolute atomic E-state index is 12.1. The maximum Gasteiger partial charge on any atom is 0.455 e. The first-order chi connectivity index (χ1) is 7.23. The molecule has 0 bridgehead atoms. The molecule has 0 aliphatic heterocycles. The Labute approximate surface area is 86.3 Å². The lowest BCUT2D eigenvalue weighted by atomic mass is 10.1. The molecule has 0 aromatic heterocycles. The Bertz CT molecular complexity index is 455. The van der Waals surface area contributed by atoms with E-state index >= 15 is 0 Å². The highest BCUT2D eigenvalue weighted by molar-refractivity contribution is 6.03. The molecule has 0 radical (unpaired) electrons. The number of ketones is 1. The molecular formula is C8H4F3NO4. The van der Waals surface area contributed by atoms with E-state index in [1.165, 1.54) is 0 Å². The molecule has 0 atom stereocenters. The SMILES string of the molecule is O=C(c1cc(O)ccc1[N+](=O)[O-])C(F)(F)F. The minimum Gasteiger partial charge on any atom is -0.508 e. The number of aromatic hydroxyl groups is 1. The van der Waals surface area contributed by atoms with Crippen molar-refractivity contribution in [3.8, 4) is 5.75 Å². The number of nitro benzene ring substituents is 1. The van der Waals surface area contributed by atoms with Crippen molar-refractivity contribution in [2.24, 2.45) is 0 Å². The fourth-order valence-corrected chi connectivity index (χ4v) is 1.02. The fraction of sp³-hybridized carbons (Fsp3) is 0.125. The predicted molar refractivity (Wildman–Crippen MR) is 45.1 cm³/mol. The number of rotatable bonds is 2. The first kappa shape index (κ1) is 12.0. The van der Waals surface area contributed by atoms with E-state index in [0.717, 1.165) is 6.07 Å². The molecule has 16 heavy (non-hydrogen) atoms. The minimum atomic E-state index is -5.22. The maximum atomic E-state index is 12.1. The summed E-state index contributed by atoms with van der Waals surface area (Å²) in [5, 5.41) is 19.3. The second-order valence-electron chi connectivity index (χ2n) is 2.79. The first-order valence-corrected chi connectivity index (χ1v) is 3.82. The lowest BCUT2D eigenvalue weighted by Gasteiger charge is -2.05. The monoisotopic (exact) mass is 235 g/mol. The van der Waals surface area contributed by atoms with Crippen molar-refractivity contribution in [2.75, 3.05) is 0 Å². The second-order valence-corrected chi connectivity index (χ2v) is 2.79. The Morgan fingerprint density at radius 3 is 2.38 bits per heavy atom. The summed E-state index contributed by atoms with van der Waals surface area (Å²) in [7, 11) is 0. The van der Waals surface area contributed by atoms with Crippen LogP contribution in [-0.2, 0) is 0 Å². The van der Waals surface area contributed by atoms with Crippen molar-refractivity contribution in [3.63, 3.8) is 0 Å². The molecule has 0 unspecified atom stereocenters. The van der Waals surface area contributed by atoms with Gasteiger partial charge in [-0.1, -0.05) is 0 Å². The molecule has 0 saturated heterocycles. The molecule has 86 valence electrons. The van der Waals surface area contributed by atoms with Crippen LogP contribution in [0.3, 0.4) is 0 Å². The van der Waals surface area contributed by atoms with E-state index in [1.807, 2.05) is 0 Å². The van der Waals surface area contributed by atoms with Crippen LogP contribution in [0.25, 0.3) is 0 Å². The van der Waals surface area contributed by atoms with Gasteiger partial charge in [0.25, 0.3) is 11.5 Å². The molecule has 8 heteroatoms. The van der Waals surface area contributed by atoms with E-state index in [9.17, 15) is 28.1 Å². The predicted octanol–water partition coefficient (Wildman–Crippen LogP) is 2.05. The first-order valence-electron chi connectivity index (χ1n) is 3.82. The third-order valence-corrected chi connectivity index (χ3v) is 1.68. The third kappa shape index (κ3) is 2.27. The van der Waals surface area contributed by atoms with Gasteiger partial charge < -0.3 is 5.11 Å². The van der Waals surface area contributed by atoms with Gasteiger partial charge >= 0.3 is 6.18 Å². The normalized spacial score (nSPS) is 11.2. The fourth-order valence-electron chi connectivity index (χ4n) is 1.02. The number of Topliss-reactive ketones (excluding diaryl/α,β-unsaturated/α-hetero) is 1. The summed E-state index contributed by atoms with van der Waals surface area (Å²) >= 11 is 0. The third-order valence-electron chi connectivity index (χ3n) is 1.68. The van der Waals surface area contributed by atoms with E-state index in [0.29, 0.717) is 12.1 Å². The number of nitro groups is 1. The summed E-state index contributed by atoms with van der Waals surface area (Å²) in [6.45, 7) is 0. The largest absolute Gasteiger partial charge is 0.508 e. The second kappa shape index (κ2) is 3.80. The van der Waals surface area contributed by atoms with Crippen LogP contribution in [0.15, 0.2) is 18.2 Å². The molecule has 0 aliphatic rings. The van der Waals surface area contributed by atoms with Gasteiger partial charge in [-0.25, -0.2) is 0 Å². The number of hydrogen-bond acceptors (Lipinski definition) is 4. The molecule has 0 aliphatic carbocycles. The zero-order valence-electron chi connectivity index (χ0n) is 7.49. The van der Waals surface area contributed by atoms with Crippen molar-refractivity contribution in [1.82, 2.24) is 0 Å². The highest BCUT2D eigenvalue weighted by Crippen LogP contribution is 2.29. The van der Waals surface area contributed by atoms with E-state index in [-0.39, 0.29) is 0 Å². The zero-order chi connectivity index (χ0) is 12.5. The summed E-state index contributed by atoms with van der Waals surface area (Å²) in [6, 6.07) is 1.87. The van der Waals surface area contributed by atoms with Crippen LogP contribution in [-0.4, -0.2) is 22.0 Å². The summed E-state index contributed by atoms with van der Waals surface area (Å²) < 4.78 is 36.2. The zero-order valence-corrected chi connectivity index (χ0v) is 7.49. The average Bonchev–Trinajstić information content (AvgIpc) is 2.14. The van der Waals surface area contributed by atoms with Gasteiger partial charge in [0.05, 0.1) is 4.92 Å². The average molecular weight is 235 g/mol. The Morgan fingerprint density at radius 1 is 1.38 bits per heavy atom. The van der Waals surface area contributed by atoms with Gasteiger partial charge in [0.15, 0.2) is 0 Å². The molecule has 1 rings (SSSR count). The molecule has 1 aromatic rings. The topological polar surface area (TPSA) is 80.4 Å². The molecule has 0 spiro atoms. The highest BCUT2D eigenvalue weighted by atomic mass is 19.4. The molecule has 0 heterocycles. The molecular weight excluding hydrogens is 231 g/mol. The number of hydrogen-bond donors (Lipinski definition) is 1. The van der Waals surface area contributed by atoms with Gasteiger partial charge in [-0.05, 0) is 12.1 Å². The van der Waals surface area contributed by atoms with E-state index < -0.39 is 33.9 Å². The van der Waals surface area contributed by atoms with Crippen LogP contribution >= 0.6 is 0 Å². The minimum absolute atomic E-state index is 0.411. The van der Waals surface area contributed by atoms with Gasteiger partial charge in [-0.3, -0.25) is 14.9 Å². The lowest BCUT2D eigenvalue weighted by molar-refractivity contribution is -0.385. The Hall–Kier alpha value is -2.12. The van der Waals surface area contributed by atoms with Gasteiger partial charge in [0, 0.05) is 6.07 Å². The Morgan fingerprint density at radius 2 is 1.94 bits per heavy atom. The number of benzene rings is 1. The van der Waals surface area contributed by atoms with Crippen LogP contribution in [0.5, 0.6) is 5.75 Å². The Balaban J connectivity index is 3.36. The number of carbonyl (C=O) groups excluding carboxylic acids is 1. The van der Waals surface area contributed by atoms with Crippen molar-refractivity contribution in [3.05, 3.63) is 33.9 Å². The number of halogens is 3. The van der Waals surface area contributed by atoms with Crippen LogP contribution in [0, 0.1) is 10.1 Å². The van der Waals surface area contributed by atoms with E-state index in [1.54, 1.807) is 0 Å². The number of alkyl halides is 3. The molecule has 0 fully saturated rings. The van der Waals surface area contributed by atoms with Gasteiger partial charge in [0.2, 0.25) is 0 Å². The quantitative estimate of drug-likeness (QED) is 0.483. The molecule has 1 N–H and O–H groups in total. The van der Waals surface area contributed by atoms with E-state index in [2.05, 4.69) is 0 Å².